The monoisotopic (exact) mass is 347 g/mol. The fourth-order valence-corrected chi connectivity index (χ4v) is 4.50. The molecule has 2 fully saturated rings. The van der Waals surface area contributed by atoms with Crippen molar-refractivity contribution in [2.45, 2.75) is 12.8 Å². The summed E-state index contributed by atoms with van der Waals surface area (Å²) in [4.78, 5) is 10.7. The average molecular weight is 348 g/mol. The maximum atomic E-state index is 6.13. The third kappa shape index (κ3) is 2.91. The standard InChI is InChI=1S/C18H22ClN3O2/c1-22-7-12-3-11(4-13(12)8-22)9-24-17-6-15-14(5-16(17)23-2)18(19)21-10-20-15/h5-6,10-13H,3-4,7-9H2,1-2H3. The normalized spacial score (nSPS) is 26.7. The third-order valence-corrected chi connectivity index (χ3v) is 5.68. The van der Waals surface area contributed by atoms with Gasteiger partial charge in [-0.25, -0.2) is 9.97 Å². The predicted molar refractivity (Wildman–Crippen MR) is 93.8 cm³/mol. The lowest BCUT2D eigenvalue weighted by molar-refractivity contribution is 0.227. The summed E-state index contributed by atoms with van der Waals surface area (Å²) in [6.45, 7) is 3.20. The lowest BCUT2D eigenvalue weighted by Crippen LogP contribution is -2.18. The number of ether oxygens (including phenoxy) is 2. The molecule has 2 aliphatic rings. The van der Waals surface area contributed by atoms with E-state index in [0.717, 1.165) is 35.1 Å². The number of benzene rings is 1. The molecule has 2 unspecified atom stereocenters. The number of likely N-dealkylation sites (tertiary alicyclic amines) is 1. The van der Waals surface area contributed by atoms with Gasteiger partial charge in [-0.15, -0.1) is 0 Å². The van der Waals surface area contributed by atoms with Crippen LogP contribution < -0.4 is 9.47 Å². The van der Waals surface area contributed by atoms with Crippen molar-refractivity contribution >= 4 is 22.5 Å². The predicted octanol–water partition coefficient (Wildman–Crippen LogP) is 3.26. The molecule has 1 saturated carbocycles. The van der Waals surface area contributed by atoms with Crippen molar-refractivity contribution in [1.82, 2.24) is 14.9 Å². The average Bonchev–Trinajstić information content (AvgIpc) is 3.09. The van der Waals surface area contributed by atoms with Crippen molar-refractivity contribution in [1.29, 1.82) is 0 Å². The molecule has 0 amide bonds. The first-order valence-electron chi connectivity index (χ1n) is 8.43. The van der Waals surface area contributed by atoms with Crippen LogP contribution in [0.1, 0.15) is 12.8 Å². The van der Waals surface area contributed by atoms with Gasteiger partial charge < -0.3 is 14.4 Å². The van der Waals surface area contributed by atoms with Gasteiger partial charge in [0.25, 0.3) is 0 Å². The summed E-state index contributed by atoms with van der Waals surface area (Å²) in [5.74, 6) is 3.72. The van der Waals surface area contributed by atoms with Crippen molar-refractivity contribution in [3.8, 4) is 11.5 Å². The second-order valence-electron chi connectivity index (χ2n) is 7.07. The molecule has 1 aliphatic heterocycles. The van der Waals surface area contributed by atoms with Crippen LogP contribution in [0, 0.1) is 17.8 Å². The van der Waals surface area contributed by atoms with Crippen LogP contribution >= 0.6 is 11.6 Å². The molecule has 5 nitrogen and oxygen atoms in total. The summed E-state index contributed by atoms with van der Waals surface area (Å²) >= 11 is 6.13. The Morgan fingerprint density at radius 2 is 1.92 bits per heavy atom. The van der Waals surface area contributed by atoms with E-state index in [2.05, 4.69) is 21.9 Å². The molecule has 1 saturated heterocycles. The minimum absolute atomic E-state index is 0.428. The first-order valence-corrected chi connectivity index (χ1v) is 8.81. The van der Waals surface area contributed by atoms with Gasteiger partial charge in [0.15, 0.2) is 11.5 Å². The van der Waals surface area contributed by atoms with Gasteiger partial charge >= 0.3 is 0 Å². The number of nitrogens with zero attached hydrogens (tertiary/aromatic N) is 3. The molecule has 128 valence electrons. The largest absolute Gasteiger partial charge is 0.493 e. The maximum Gasteiger partial charge on any atom is 0.163 e. The Morgan fingerprint density at radius 1 is 1.17 bits per heavy atom. The maximum absolute atomic E-state index is 6.13. The highest BCUT2D eigenvalue weighted by molar-refractivity contribution is 6.34. The van der Waals surface area contributed by atoms with Gasteiger partial charge in [0.05, 0.1) is 19.2 Å². The van der Waals surface area contributed by atoms with Crippen molar-refractivity contribution in [3.63, 3.8) is 0 Å². The summed E-state index contributed by atoms with van der Waals surface area (Å²) in [6.07, 6.45) is 3.99. The first-order chi connectivity index (χ1) is 11.6. The number of hydrogen-bond donors (Lipinski definition) is 0. The number of methoxy groups -OCH3 is 1. The highest BCUT2D eigenvalue weighted by Gasteiger charge is 2.39. The van der Waals surface area contributed by atoms with Crippen LogP contribution in [0.5, 0.6) is 11.5 Å². The topological polar surface area (TPSA) is 47.5 Å². The second kappa shape index (κ2) is 6.37. The smallest absolute Gasteiger partial charge is 0.163 e. The van der Waals surface area contributed by atoms with Crippen LogP contribution in [-0.4, -0.2) is 48.7 Å². The van der Waals surface area contributed by atoms with E-state index in [1.807, 2.05) is 12.1 Å². The van der Waals surface area contributed by atoms with Gasteiger partial charge in [0, 0.05) is 24.5 Å². The number of rotatable bonds is 4. The molecule has 2 aromatic rings. The van der Waals surface area contributed by atoms with Crippen LogP contribution in [0.3, 0.4) is 0 Å². The Bertz CT molecular complexity index is 740. The van der Waals surface area contributed by atoms with E-state index < -0.39 is 0 Å². The molecule has 1 aromatic carbocycles. The lowest BCUT2D eigenvalue weighted by Gasteiger charge is -2.17. The molecule has 0 N–H and O–H groups in total. The van der Waals surface area contributed by atoms with E-state index in [1.54, 1.807) is 7.11 Å². The zero-order valence-electron chi connectivity index (χ0n) is 14.0. The van der Waals surface area contributed by atoms with Crippen LogP contribution in [0.2, 0.25) is 5.15 Å². The van der Waals surface area contributed by atoms with Crippen molar-refractivity contribution in [3.05, 3.63) is 23.6 Å². The molecule has 2 heterocycles. The van der Waals surface area contributed by atoms with Gasteiger partial charge in [-0.05, 0) is 43.7 Å². The van der Waals surface area contributed by atoms with Crippen molar-refractivity contribution in [2.75, 3.05) is 33.9 Å². The van der Waals surface area contributed by atoms with Crippen LogP contribution in [-0.2, 0) is 0 Å². The van der Waals surface area contributed by atoms with Gasteiger partial charge in [0.1, 0.15) is 11.5 Å². The van der Waals surface area contributed by atoms with E-state index >= 15 is 0 Å². The zero-order chi connectivity index (χ0) is 16.7. The van der Waals surface area contributed by atoms with Crippen LogP contribution in [0.15, 0.2) is 18.5 Å². The fourth-order valence-electron chi connectivity index (χ4n) is 4.31. The molecule has 4 rings (SSSR count). The molecular formula is C18H22ClN3O2. The Labute approximate surface area is 146 Å². The quantitative estimate of drug-likeness (QED) is 0.794. The van der Waals surface area contributed by atoms with Crippen molar-refractivity contribution in [2.24, 2.45) is 17.8 Å². The minimum atomic E-state index is 0.428. The van der Waals surface area contributed by atoms with E-state index in [4.69, 9.17) is 21.1 Å². The number of hydrogen-bond acceptors (Lipinski definition) is 5. The first kappa shape index (κ1) is 15.9. The third-order valence-electron chi connectivity index (χ3n) is 5.38. The highest BCUT2D eigenvalue weighted by Crippen LogP contribution is 2.42. The summed E-state index contributed by atoms with van der Waals surface area (Å²) in [5, 5.41) is 1.21. The zero-order valence-corrected chi connectivity index (χ0v) is 14.8. The second-order valence-corrected chi connectivity index (χ2v) is 7.43. The highest BCUT2D eigenvalue weighted by atomic mass is 35.5. The van der Waals surface area contributed by atoms with Gasteiger partial charge in [-0.1, -0.05) is 11.6 Å². The minimum Gasteiger partial charge on any atom is -0.493 e. The van der Waals surface area contributed by atoms with Gasteiger partial charge in [-0.2, -0.15) is 0 Å². The molecule has 0 spiro atoms. The van der Waals surface area contributed by atoms with E-state index in [0.29, 0.717) is 16.8 Å². The molecule has 1 aliphatic carbocycles. The van der Waals surface area contributed by atoms with Gasteiger partial charge in [0.2, 0.25) is 0 Å². The summed E-state index contributed by atoms with van der Waals surface area (Å²) in [5.41, 5.74) is 0.774. The fraction of sp³-hybridized carbons (Fsp3) is 0.556. The van der Waals surface area contributed by atoms with E-state index in [9.17, 15) is 0 Å². The molecule has 2 atom stereocenters. The van der Waals surface area contributed by atoms with Crippen molar-refractivity contribution < 1.29 is 9.47 Å². The Hall–Kier alpha value is -1.59. The molecule has 24 heavy (non-hydrogen) atoms. The van der Waals surface area contributed by atoms with Crippen LogP contribution in [0.25, 0.3) is 10.9 Å². The number of aromatic nitrogens is 2. The van der Waals surface area contributed by atoms with E-state index in [-0.39, 0.29) is 0 Å². The lowest BCUT2D eigenvalue weighted by atomic mass is 10.0. The van der Waals surface area contributed by atoms with Crippen LogP contribution in [0.4, 0.5) is 0 Å². The molecule has 6 heteroatoms. The molecule has 0 radical (unpaired) electrons. The van der Waals surface area contributed by atoms with E-state index in [1.165, 1.54) is 32.3 Å². The number of fused-ring (bicyclic) bond motifs is 2. The van der Waals surface area contributed by atoms with Gasteiger partial charge in [-0.3, -0.25) is 0 Å². The number of halogens is 1. The Morgan fingerprint density at radius 3 is 2.62 bits per heavy atom. The molecule has 1 aromatic heterocycles. The summed E-state index contributed by atoms with van der Waals surface area (Å²) in [6, 6.07) is 3.75. The summed E-state index contributed by atoms with van der Waals surface area (Å²) < 4.78 is 11.6. The molecular weight excluding hydrogens is 326 g/mol. The Balaban J connectivity index is 1.48. The molecule has 0 bridgehead atoms. The summed E-state index contributed by atoms with van der Waals surface area (Å²) in [7, 11) is 3.86. The Kier molecular flexibility index (Phi) is 4.22. The SMILES string of the molecule is COc1cc2c(Cl)ncnc2cc1OCC1CC2CN(C)CC2C1.